The Balaban J connectivity index is 1.78. The minimum Gasteiger partial charge on any atom is -0.493 e. The van der Waals surface area contributed by atoms with E-state index in [-0.39, 0.29) is 5.54 Å². The molecule has 3 rings (SSSR count). The summed E-state index contributed by atoms with van der Waals surface area (Å²) in [7, 11) is 0. The van der Waals surface area contributed by atoms with Crippen molar-refractivity contribution in [3.05, 3.63) is 27.7 Å². The van der Waals surface area contributed by atoms with Crippen molar-refractivity contribution in [1.82, 2.24) is 10.2 Å². The molecule has 110 valence electrons. The molecule has 4 heteroatoms. The molecular weight excluding hydrogens is 316 g/mol. The molecule has 2 aliphatic rings. The highest BCUT2D eigenvalue weighted by molar-refractivity contribution is 9.10. The summed E-state index contributed by atoms with van der Waals surface area (Å²) < 4.78 is 7.01. The first-order valence-corrected chi connectivity index (χ1v) is 8.30. The van der Waals surface area contributed by atoms with Crippen molar-refractivity contribution in [1.29, 1.82) is 0 Å². The van der Waals surface area contributed by atoms with Crippen LogP contribution in [0.4, 0.5) is 0 Å². The van der Waals surface area contributed by atoms with Crippen LogP contribution in [0, 0.1) is 0 Å². The lowest BCUT2D eigenvalue weighted by atomic mass is 9.95. The number of piperazine rings is 1. The zero-order chi connectivity index (χ0) is 14.2. The summed E-state index contributed by atoms with van der Waals surface area (Å²) >= 11 is 3.63. The number of hydrogen-bond acceptors (Lipinski definition) is 3. The topological polar surface area (TPSA) is 24.5 Å². The van der Waals surface area contributed by atoms with Crippen LogP contribution in [0.3, 0.4) is 0 Å². The zero-order valence-electron chi connectivity index (χ0n) is 12.3. The lowest BCUT2D eigenvalue weighted by Crippen LogP contribution is -2.58. The van der Waals surface area contributed by atoms with Gasteiger partial charge in [0.05, 0.1) is 6.61 Å². The fourth-order valence-electron chi connectivity index (χ4n) is 3.22. The molecule has 1 atom stereocenters. The first-order chi connectivity index (χ1) is 9.59. The molecule has 1 fully saturated rings. The van der Waals surface area contributed by atoms with E-state index in [0.717, 1.165) is 51.4 Å². The number of ether oxygens (including phenoxy) is 1. The van der Waals surface area contributed by atoms with Gasteiger partial charge in [-0.2, -0.15) is 0 Å². The molecule has 1 unspecified atom stereocenters. The quantitative estimate of drug-likeness (QED) is 0.916. The molecule has 20 heavy (non-hydrogen) atoms. The van der Waals surface area contributed by atoms with Gasteiger partial charge < -0.3 is 10.1 Å². The Labute approximate surface area is 129 Å². The molecule has 2 heterocycles. The molecule has 0 amide bonds. The molecule has 0 spiro atoms. The second-order valence-electron chi connectivity index (χ2n) is 6.20. The van der Waals surface area contributed by atoms with Crippen LogP contribution in [-0.4, -0.2) is 36.7 Å². The average molecular weight is 339 g/mol. The predicted octanol–water partition coefficient (Wildman–Crippen LogP) is 2.96. The van der Waals surface area contributed by atoms with Gasteiger partial charge in [-0.15, -0.1) is 0 Å². The lowest BCUT2D eigenvalue weighted by Gasteiger charge is -2.41. The summed E-state index contributed by atoms with van der Waals surface area (Å²) in [6, 6.07) is 4.41. The van der Waals surface area contributed by atoms with E-state index < -0.39 is 0 Å². The molecule has 1 saturated heterocycles. The number of benzene rings is 1. The fraction of sp³-hybridized carbons (Fsp3) is 0.625. The Hall–Kier alpha value is -0.580. The van der Waals surface area contributed by atoms with Crippen LogP contribution >= 0.6 is 15.9 Å². The highest BCUT2D eigenvalue weighted by Crippen LogP contribution is 2.34. The smallest absolute Gasteiger partial charge is 0.127 e. The Kier molecular flexibility index (Phi) is 4.07. The maximum Gasteiger partial charge on any atom is 0.127 e. The molecule has 0 saturated carbocycles. The first-order valence-electron chi connectivity index (χ1n) is 7.51. The van der Waals surface area contributed by atoms with E-state index in [1.165, 1.54) is 15.6 Å². The molecule has 0 bridgehead atoms. The summed E-state index contributed by atoms with van der Waals surface area (Å²) in [6.07, 6.45) is 2.20. The van der Waals surface area contributed by atoms with Crippen molar-refractivity contribution in [3.8, 4) is 5.75 Å². The van der Waals surface area contributed by atoms with Gasteiger partial charge in [0.1, 0.15) is 5.75 Å². The third-order valence-corrected chi connectivity index (χ3v) is 5.01. The Morgan fingerprint density at radius 2 is 2.30 bits per heavy atom. The van der Waals surface area contributed by atoms with Crippen LogP contribution in [0.25, 0.3) is 0 Å². The van der Waals surface area contributed by atoms with E-state index in [4.69, 9.17) is 4.74 Å². The minimum absolute atomic E-state index is 0.244. The van der Waals surface area contributed by atoms with Crippen LogP contribution < -0.4 is 10.1 Å². The molecule has 1 aromatic carbocycles. The molecular formula is C16H23BrN2O. The molecule has 2 aliphatic heterocycles. The van der Waals surface area contributed by atoms with Gasteiger partial charge in [-0.1, -0.05) is 22.9 Å². The first kappa shape index (κ1) is 14.4. The Morgan fingerprint density at radius 3 is 3.10 bits per heavy atom. The highest BCUT2D eigenvalue weighted by atomic mass is 79.9. The van der Waals surface area contributed by atoms with Gasteiger partial charge >= 0.3 is 0 Å². The standard InChI is InChI=1S/C16H23BrN2O/c1-3-16(2)11-19(6-5-18-16)10-13-9-14(17)8-12-4-7-20-15(12)13/h8-9,18H,3-7,10-11H2,1-2H3. The predicted molar refractivity (Wildman–Crippen MR) is 85.3 cm³/mol. The van der Waals surface area contributed by atoms with Gasteiger partial charge in [0.2, 0.25) is 0 Å². The van der Waals surface area contributed by atoms with Crippen LogP contribution in [0.1, 0.15) is 31.4 Å². The van der Waals surface area contributed by atoms with E-state index in [1.54, 1.807) is 0 Å². The van der Waals surface area contributed by atoms with Crippen molar-refractivity contribution in [3.63, 3.8) is 0 Å². The second kappa shape index (κ2) is 5.66. The average Bonchev–Trinajstić information content (AvgIpc) is 2.87. The van der Waals surface area contributed by atoms with Gasteiger partial charge in [0.15, 0.2) is 0 Å². The highest BCUT2D eigenvalue weighted by Gasteiger charge is 2.29. The van der Waals surface area contributed by atoms with Crippen LogP contribution in [0.2, 0.25) is 0 Å². The molecule has 0 aliphatic carbocycles. The summed E-state index contributed by atoms with van der Waals surface area (Å²) in [5.41, 5.74) is 2.92. The number of hydrogen-bond donors (Lipinski definition) is 1. The molecule has 0 aromatic heterocycles. The van der Waals surface area contributed by atoms with Crippen molar-refractivity contribution in [2.24, 2.45) is 0 Å². The van der Waals surface area contributed by atoms with E-state index >= 15 is 0 Å². The number of rotatable bonds is 3. The second-order valence-corrected chi connectivity index (χ2v) is 7.12. The molecule has 0 radical (unpaired) electrons. The summed E-state index contributed by atoms with van der Waals surface area (Å²) in [4.78, 5) is 2.55. The molecule has 1 N–H and O–H groups in total. The zero-order valence-corrected chi connectivity index (χ0v) is 13.9. The van der Waals surface area contributed by atoms with Gasteiger partial charge in [0, 0.05) is 48.2 Å². The third kappa shape index (κ3) is 2.87. The molecule has 3 nitrogen and oxygen atoms in total. The van der Waals surface area contributed by atoms with Gasteiger partial charge in [-0.05, 0) is 31.0 Å². The van der Waals surface area contributed by atoms with E-state index in [2.05, 4.69) is 52.1 Å². The monoisotopic (exact) mass is 338 g/mol. The van der Waals surface area contributed by atoms with Crippen molar-refractivity contribution in [2.75, 3.05) is 26.2 Å². The third-order valence-electron chi connectivity index (χ3n) is 4.55. The molecule has 1 aromatic rings. The SMILES string of the molecule is CCC1(C)CN(Cc2cc(Br)cc3c2OCC3)CCN1. The van der Waals surface area contributed by atoms with Crippen molar-refractivity contribution >= 4 is 15.9 Å². The van der Waals surface area contributed by atoms with Crippen LogP contribution in [0.15, 0.2) is 16.6 Å². The number of nitrogens with one attached hydrogen (secondary N) is 1. The fourth-order valence-corrected chi connectivity index (χ4v) is 3.77. The van der Waals surface area contributed by atoms with Crippen LogP contribution in [-0.2, 0) is 13.0 Å². The Morgan fingerprint density at radius 1 is 1.45 bits per heavy atom. The minimum atomic E-state index is 0.244. The van der Waals surface area contributed by atoms with Crippen molar-refractivity contribution < 1.29 is 4.74 Å². The summed E-state index contributed by atoms with van der Waals surface area (Å²) in [6.45, 7) is 9.67. The number of halogens is 1. The number of fused-ring (bicyclic) bond motifs is 1. The van der Waals surface area contributed by atoms with Gasteiger partial charge in [-0.25, -0.2) is 0 Å². The largest absolute Gasteiger partial charge is 0.493 e. The van der Waals surface area contributed by atoms with Crippen LogP contribution in [0.5, 0.6) is 5.75 Å². The van der Waals surface area contributed by atoms with Crippen molar-refractivity contribution in [2.45, 2.75) is 38.8 Å². The lowest BCUT2D eigenvalue weighted by molar-refractivity contribution is 0.132. The normalized spacial score (nSPS) is 26.4. The Bertz CT molecular complexity index is 505. The van der Waals surface area contributed by atoms with E-state index in [0.29, 0.717) is 0 Å². The van der Waals surface area contributed by atoms with E-state index in [1.807, 2.05) is 0 Å². The van der Waals surface area contributed by atoms with Gasteiger partial charge in [-0.3, -0.25) is 4.90 Å². The maximum atomic E-state index is 5.84. The van der Waals surface area contributed by atoms with Gasteiger partial charge in [0.25, 0.3) is 0 Å². The summed E-state index contributed by atoms with van der Waals surface area (Å²) in [5, 5.41) is 3.64. The summed E-state index contributed by atoms with van der Waals surface area (Å²) in [5.74, 6) is 1.13. The maximum absolute atomic E-state index is 5.84. The number of nitrogens with zero attached hydrogens (tertiary/aromatic N) is 1. The van der Waals surface area contributed by atoms with E-state index in [9.17, 15) is 0 Å².